The summed E-state index contributed by atoms with van der Waals surface area (Å²) in [6.07, 6.45) is 3.36. The first-order valence-corrected chi connectivity index (χ1v) is 9.79. The zero-order valence-electron chi connectivity index (χ0n) is 16.3. The number of piperidine rings is 1. The highest BCUT2D eigenvalue weighted by Crippen LogP contribution is 2.25. The van der Waals surface area contributed by atoms with Crippen LogP contribution in [0.15, 0.2) is 60.9 Å². The predicted molar refractivity (Wildman–Crippen MR) is 112 cm³/mol. The number of rotatable bonds is 4. The molecule has 1 saturated heterocycles. The number of aryl methyl sites for hydroxylation is 1. The quantitative estimate of drug-likeness (QED) is 0.715. The molecule has 1 amide bonds. The number of halogens is 1. The van der Waals surface area contributed by atoms with Crippen molar-refractivity contribution in [1.82, 2.24) is 9.97 Å². The van der Waals surface area contributed by atoms with E-state index >= 15 is 0 Å². The van der Waals surface area contributed by atoms with Gasteiger partial charge in [-0.2, -0.15) is 0 Å². The Labute approximate surface area is 169 Å². The van der Waals surface area contributed by atoms with Crippen LogP contribution in [-0.4, -0.2) is 29.0 Å². The van der Waals surface area contributed by atoms with Crippen LogP contribution in [0.25, 0.3) is 11.1 Å². The lowest BCUT2D eigenvalue weighted by Gasteiger charge is -2.32. The van der Waals surface area contributed by atoms with Gasteiger partial charge in [0.05, 0.1) is 5.92 Å². The van der Waals surface area contributed by atoms with Gasteiger partial charge in [-0.15, -0.1) is 0 Å². The summed E-state index contributed by atoms with van der Waals surface area (Å²) in [4.78, 5) is 23.5. The van der Waals surface area contributed by atoms with Gasteiger partial charge in [0, 0.05) is 30.5 Å². The molecule has 0 bridgehead atoms. The van der Waals surface area contributed by atoms with Crippen molar-refractivity contribution in [2.24, 2.45) is 5.92 Å². The number of carbonyl (C=O) groups is 1. The van der Waals surface area contributed by atoms with Crippen molar-refractivity contribution >= 4 is 17.4 Å². The second-order valence-electron chi connectivity index (χ2n) is 7.38. The molecule has 29 heavy (non-hydrogen) atoms. The third-order valence-electron chi connectivity index (χ3n) is 5.21. The maximum absolute atomic E-state index is 13.2. The fourth-order valence-corrected chi connectivity index (χ4v) is 3.68. The Balaban J connectivity index is 1.45. The number of aromatic nitrogens is 2. The maximum Gasteiger partial charge on any atom is 0.229 e. The van der Waals surface area contributed by atoms with Crippen LogP contribution in [0.5, 0.6) is 0 Å². The molecule has 2 heterocycles. The van der Waals surface area contributed by atoms with Gasteiger partial charge in [-0.25, -0.2) is 14.4 Å². The second-order valence-corrected chi connectivity index (χ2v) is 7.38. The highest BCUT2D eigenvalue weighted by molar-refractivity contribution is 5.93. The molecule has 1 aromatic heterocycles. The Bertz CT molecular complexity index is 1010. The van der Waals surface area contributed by atoms with E-state index in [1.807, 2.05) is 37.3 Å². The molecule has 1 atom stereocenters. The first-order valence-electron chi connectivity index (χ1n) is 9.79. The molecule has 0 unspecified atom stereocenters. The van der Waals surface area contributed by atoms with Crippen LogP contribution in [0, 0.1) is 18.7 Å². The molecule has 6 heteroatoms. The number of benzene rings is 2. The van der Waals surface area contributed by atoms with Gasteiger partial charge < -0.3 is 10.2 Å². The van der Waals surface area contributed by atoms with Gasteiger partial charge >= 0.3 is 0 Å². The standard InChI is InChI=1S/C23H23FN4O/c1-16-12-22(26-15-25-16)28-11-3-5-19(14-28)23(29)27-21-6-2-4-18(13-21)17-7-9-20(24)10-8-17/h2,4,6-10,12-13,15,19H,3,5,11,14H2,1H3,(H,27,29)/t19-/m0/s1. The molecule has 1 aliphatic rings. The zero-order valence-corrected chi connectivity index (χ0v) is 16.3. The van der Waals surface area contributed by atoms with E-state index in [4.69, 9.17) is 0 Å². The Morgan fingerprint density at radius 2 is 1.93 bits per heavy atom. The minimum Gasteiger partial charge on any atom is -0.356 e. The zero-order chi connectivity index (χ0) is 20.2. The van der Waals surface area contributed by atoms with Crippen molar-refractivity contribution in [2.75, 3.05) is 23.3 Å². The molecule has 0 aliphatic carbocycles. The van der Waals surface area contributed by atoms with E-state index in [9.17, 15) is 9.18 Å². The van der Waals surface area contributed by atoms with Gasteiger partial charge in [-0.05, 0) is 55.2 Å². The molecule has 2 aromatic carbocycles. The van der Waals surface area contributed by atoms with E-state index in [-0.39, 0.29) is 17.6 Å². The Kier molecular flexibility index (Phi) is 5.51. The van der Waals surface area contributed by atoms with Crippen LogP contribution in [0.3, 0.4) is 0 Å². The monoisotopic (exact) mass is 390 g/mol. The second kappa shape index (κ2) is 8.39. The molecule has 0 saturated carbocycles. The van der Waals surface area contributed by atoms with E-state index in [1.165, 1.54) is 12.1 Å². The van der Waals surface area contributed by atoms with Crippen LogP contribution in [0.4, 0.5) is 15.9 Å². The van der Waals surface area contributed by atoms with Crippen molar-refractivity contribution < 1.29 is 9.18 Å². The molecule has 3 aromatic rings. The van der Waals surface area contributed by atoms with Crippen molar-refractivity contribution in [3.8, 4) is 11.1 Å². The molecule has 1 fully saturated rings. The lowest BCUT2D eigenvalue weighted by molar-refractivity contribution is -0.120. The fraction of sp³-hybridized carbons (Fsp3) is 0.261. The highest BCUT2D eigenvalue weighted by Gasteiger charge is 2.26. The lowest BCUT2D eigenvalue weighted by Crippen LogP contribution is -2.41. The van der Waals surface area contributed by atoms with Crippen molar-refractivity contribution in [3.05, 3.63) is 72.4 Å². The minimum absolute atomic E-state index is 0.0109. The van der Waals surface area contributed by atoms with Gasteiger partial charge in [-0.3, -0.25) is 4.79 Å². The Morgan fingerprint density at radius 1 is 1.10 bits per heavy atom. The normalized spacial score (nSPS) is 16.5. The van der Waals surface area contributed by atoms with Gasteiger partial charge in [0.15, 0.2) is 0 Å². The van der Waals surface area contributed by atoms with Crippen LogP contribution < -0.4 is 10.2 Å². The van der Waals surface area contributed by atoms with E-state index < -0.39 is 0 Å². The molecule has 1 aliphatic heterocycles. The van der Waals surface area contributed by atoms with Crippen LogP contribution >= 0.6 is 0 Å². The van der Waals surface area contributed by atoms with Crippen molar-refractivity contribution in [1.29, 1.82) is 0 Å². The summed E-state index contributed by atoms with van der Waals surface area (Å²) in [5.41, 5.74) is 3.50. The van der Waals surface area contributed by atoms with Crippen molar-refractivity contribution in [3.63, 3.8) is 0 Å². The average Bonchev–Trinajstić information content (AvgIpc) is 2.74. The van der Waals surface area contributed by atoms with Gasteiger partial charge in [0.1, 0.15) is 18.0 Å². The first kappa shape index (κ1) is 19.1. The summed E-state index contributed by atoms with van der Waals surface area (Å²) in [5, 5.41) is 3.04. The average molecular weight is 390 g/mol. The van der Waals surface area contributed by atoms with E-state index in [0.29, 0.717) is 6.54 Å². The topological polar surface area (TPSA) is 58.1 Å². The first-order chi connectivity index (χ1) is 14.1. The van der Waals surface area contributed by atoms with Crippen molar-refractivity contribution in [2.45, 2.75) is 19.8 Å². The molecule has 1 N–H and O–H groups in total. The van der Waals surface area contributed by atoms with Crippen LogP contribution in [0.1, 0.15) is 18.5 Å². The van der Waals surface area contributed by atoms with Crippen LogP contribution in [0.2, 0.25) is 0 Å². The smallest absolute Gasteiger partial charge is 0.229 e. The third kappa shape index (κ3) is 4.59. The van der Waals surface area contributed by atoms with Gasteiger partial charge in [0.2, 0.25) is 5.91 Å². The van der Waals surface area contributed by atoms with Gasteiger partial charge in [-0.1, -0.05) is 24.3 Å². The number of hydrogen-bond donors (Lipinski definition) is 1. The third-order valence-corrected chi connectivity index (χ3v) is 5.21. The van der Waals surface area contributed by atoms with Crippen LogP contribution in [-0.2, 0) is 4.79 Å². The van der Waals surface area contributed by atoms with Gasteiger partial charge in [0.25, 0.3) is 0 Å². The molecule has 148 valence electrons. The number of nitrogens with zero attached hydrogens (tertiary/aromatic N) is 3. The number of hydrogen-bond acceptors (Lipinski definition) is 4. The maximum atomic E-state index is 13.2. The molecule has 4 rings (SSSR count). The SMILES string of the molecule is Cc1cc(N2CCC[C@H](C(=O)Nc3cccc(-c4ccc(F)cc4)c3)C2)ncn1. The predicted octanol–water partition coefficient (Wildman–Crippen LogP) is 4.45. The number of carbonyl (C=O) groups excluding carboxylic acids is 1. The summed E-state index contributed by atoms with van der Waals surface area (Å²) >= 11 is 0. The Hall–Kier alpha value is -3.28. The molecular formula is C23H23FN4O. The summed E-state index contributed by atoms with van der Waals surface area (Å²) in [6, 6.07) is 15.9. The molecule has 0 radical (unpaired) electrons. The lowest BCUT2D eigenvalue weighted by atomic mass is 9.96. The molecule has 0 spiro atoms. The number of nitrogens with one attached hydrogen (secondary N) is 1. The van der Waals surface area contributed by atoms with E-state index in [2.05, 4.69) is 20.2 Å². The molecular weight excluding hydrogens is 367 g/mol. The largest absolute Gasteiger partial charge is 0.356 e. The summed E-state index contributed by atoms with van der Waals surface area (Å²) in [5.74, 6) is 0.512. The molecule has 5 nitrogen and oxygen atoms in total. The minimum atomic E-state index is -0.265. The summed E-state index contributed by atoms with van der Waals surface area (Å²) in [7, 11) is 0. The Morgan fingerprint density at radius 3 is 2.72 bits per heavy atom. The number of anilines is 2. The summed E-state index contributed by atoms with van der Waals surface area (Å²) in [6.45, 7) is 3.47. The number of amides is 1. The summed E-state index contributed by atoms with van der Waals surface area (Å²) < 4.78 is 13.2. The van der Waals surface area contributed by atoms with E-state index in [0.717, 1.165) is 47.7 Å². The highest BCUT2D eigenvalue weighted by atomic mass is 19.1. The van der Waals surface area contributed by atoms with E-state index in [1.54, 1.807) is 18.5 Å². The fourth-order valence-electron chi connectivity index (χ4n) is 3.68.